The maximum absolute atomic E-state index is 6.09. The Morgan fingerprint density at radius 1 is 1.43 bits per heavy atom. The van der Waals surface area contributed by atoms with E-state index in [1.807, 2.05) is 31.2 Å². The van der Waals surface area contributed by atoms with Crippen LogP contribution in [0.4, 0.5) is 0 Å². The van der Waals surface area contributed by atoms with Crippen molar-refractivity contribution < 1.29 is 14.0 Å². The van der Waals surface area contributed by atoms with E-state index in [0.29, 0.717) is 31.5 Å². The van der Waals surface area contributed by atoms with Crippen LogP contribution in [0.15, 0.2) is 28.8 Å². The van der Waals surface area contributed by atoms with Gasteiger partial charge in [-0.3, -0.25) is 0 Å². The van der Waals surface area contributed by atoms with E-state index in [2.05, 4.69) is 10.1 Å². The van der Waals surface area contributed by atoms with Crippen LogP contribution >= 0.6 is 0 Å². The van der Waals surface area contributed by atoms with Gasteiger partial charge in [0.1, 0.15) is 5.75 Å². The van der Waals surface area contributed by atoms with Crippen LogP contribution in [0.25, 0.3) is 11.4 Å². The lowest BCUT2D eigenvalue weighted by molar-refractivity contribution is 0.0590. The second kappa shape index (κ2) is 6.24. The standard InChI is InChI=1S/C15H19N3O3/c1-2-20-11-5-3-4-10(8-11)14-17-15(21-18-14)12-9-19-7-6-13(12)16/h3-5,8,12-13H,2,6-7,9,16H2,1H3. The molecule has 112 valence electrons. The van der Waals surface area contributed by atoms with Crippen molar-refractivity contribution in [3.8, 4) is 17.1 Å². The number of nitrogens with two attached hydrogens (primary N) is 1. The highest BCUT2D eigenvalue weighted by atomic mass is 16.5. The summed E-state index contributed by atoms with van der Waals surface area (Å²) in [5.41, 5.74) is 6.96. The maximum Gasteiger partial charge on any atom is 0.233 e. The van der Waals surface area contributed by atoms with Crippen LogP contribution in [0, 0.1) is 0 Å². The van der Waals surface area contributed by atoms with Gasteiger partial charge < -0.3 is 19.7 Å². The summed E-state index contributed by atoms with van der Waals surface area (Å²) in [5.74, 6) is 1.84. The Morgan fingerprint density at radius 2 is 2.33 bits per heavy atom. The Hall–Kier alpha value is -1.92. The highest BCUT2D eigenvalue weighted by Crippen LogP contribution is 2.27. The molecule has 1 aromatic carbocycles. The summed E-state index contributed by atoms with van der Waals surface area (Å²) < 4.78 is 16.3. The van der Waals surface area contributed by atoms with Gasteiger partial charge in [-0.05, 0) is 25.5 Å². The van der Waals surface area contributed by atoms with E-state index in [9.17, 15) is 0 Å². The fourth-order valence-electron chi connectivity index (χ4n) is 2.40. The van der Waals surface area contributed by atoms with Crippen molar-refractivity contribution in [3.05, 3.63) is 30.2 Å². The molecule has 6 heteroatoms. The van der Waals surface area contributed by atoms with Crippen molar-refractivity contribution in [3.63, 3.8) is 0 Å². The SMILES string of the molecule is CCOc1cccc(-c2noc(C3COCCC3N)n2)c1. The van der Waals surface area contributed by atoms with E-state index in [0.717, 1.165) is 17.7 Å². The predicted octanol–water partition coefficient (Wildman–Crippen LogP) is 1.97. The highest BCUT2D eigenvalue weighted by Gasteiger charge is 2.29. The Kier molecular flexibility index (Phi) is 4.17. The monoisotopic (exact) mass is 289 g/mol. The fraction of sp³-hybridized carbons (Fsp3) is 0.467. The van der Waals surface area contributed by atoms with Crippen molar-refractivity contribution in [2.75, 3.05) is 19.8 Å². The summed E-state index contributed by atoms with van der Waals surface area (Å²) in [6.07, 6.45) is 0.808. The topological polar surface area (TPSA) is 83.4 Å². The van der Waals surface area contributed by atoms with Gasteiger partial charge in [-0.2, -0.15) is 4.98 Å². The van der Waals surface area contributed by atoms with Crippen molar-refractivity contribution in [2.24, 2.45) is 5.73 Å². The van der Waals surface area contributed by atoms with Gasteiger partial charge >= 0.3 is 0 Å². The van der Waals surface area contributed by atoms with Gasteiger partial charge in [0.25, 0.3) is 0 Å². The zero-order valence-corrected chi connectivity index (χ0v) is 12.0. The third kappa shape index (κ3) is 3.06. The minimum atomic E-state index is -0.0323. The molecule has 2 heterocycles. The molecule has 0 amide bonds. The van der Waals surface area contributed by atoms with Gasteiger partial charge in [-0.25, -0.2) is 0 Å². The number of ether oxygens (including phenoxy) is 2. The van der Waals surface area contributed by atoms with Crippen molar-refractivity contribution in [2.45, 2.75) is 25.3 Å². The van der Waals surface area contributed by atoms with Gasteiger partial charge in [0.05, 0.1) is 19.1 Å². The largest absolute Gasteiger partial charge is 0.494 e. The van der Waals surface area contributed by atoms with Crippen LogP contribution in [-0.2, 0) is 4.74 Å². The first kappa shape index (κ1) is 14.0. The van der Waals surface area contributed by atoms with Crippen molar-refractivity contribution >= 4 is 0 Å². The molecule has 0 bridgehead atoms. The number of aromatic nitrogens is 2. The van der Waals surface area contributed by atoms with Gasteiger partial charge in [-0.15, -0.1) is 0 Å². The minimum Gasteiger partial charge on any atom is -0.494 e. The van der Waals surface area contributed by atoms with Gasteiger partial charge in [0.2, 0.25) is 11.7 Å². The molecule has 0 aliphatic carbocycles. The molecule has 0 spiro atoms. The molecule has 1 fully saturated rings. The Bertz CT molecular complexity index is 599. The first-order chi connectivity index (χ1) is 10.3. The predicted molar refractivity (Wildman–Crippen MR) is 77.1 cm³/mol. The molecule has 21 heavy (non-hydrogen) atoms. The average Bonchev–Trinajstić information content (AvgIpc) is 2.98. The zero-order valence-electron chi connectivity index (χ0n) is 12.0. The van der Waals surface area contributed by atoms with Crippen LogP contribution in [0.1, 0.15) is 25.2 Å². The van der Waals surface area contributed by atoms with E-state index in [1.54, 1.807) is 0 Å². The normalized spacial score (nSPS) is 22.2. The summed E-state index contributed by atoms with van der Waals surface area (Å²) in [6.45, 7) is 3.79. The molecule has 2 unspecified atom stereocenters. The average molecular weight is 289 g/mol. The van der Waals surface area contributed by atoms with Crippen LogP contribution in [0.2, 0.25) is 0 Å². The Morgan fingerprint density at radius 3 is 3.14 bits per heavy atom. The number of benzene rings is 1. The molecule has 3 rings (SSSR count). The maximum atomic E-state index is 6.09. The molecule has 2 N–H and O–H groups in total. The first-order valence-electron chi connectivity index (χ1n) is 7.18. The number of rotatable bonds is 4. The van der Waals surface area contributed by atoms with E-state index in [4.69, 9.17) is 19.7 Å². The summed E-state index contributed by atoms with van der Waals surface area (Å²) in [4.78, 5) is 4.46. The minimum absolute atomic E-state index is 0.00168. The molecule has 2 atom stereocenters. The molecule has 0 saturated carbocycles. The molecule has 6 nitrogen and oxygen atoms in total. The Balaban J connectivity index is 1.82. The third-order valence-electron chi connectivity index (χ3n) is 3.57. The molecule has 1 aliphatic rings. The smallest absolute Gasteiger partial charge is 0.233 e. The number of nitrogens with zero attached hydrogens (tertiary/aromatic N) is 2. The van der Waals surface area contributed by atoms with E-state index < -0.39 is 0 Å². The second-order valence-corrected chi connectivity index (χ2v) is 5.05. The van der Waals surface area contributed by atoms with E-state index in [1.165, 1.54) is 0 Å². The molecular formula is C15H19N3O3. The quantitative estimate of drug-likeness (QED) is 0.926. The lowest BCUT2D eigenvalue weighted by Crippen LogP contribution is -2.37. The molecular weight excluding hydrogens is 270 g/mol. The van der Waals surface area contributed by atoms with Crippen LogP contribution in [-0.4, -0.2) is 36.0 Å². The number of hydrogen-bond donors (Lipinski definition) is 1. The molecule has 1 aromatic heterocycles. The highest BCUT2D eigenvalue weighted by molar-refractivity contribution is 5.56. The van der Waals surface area contributed by atoms with Crippen LogP contribution in [0.3, 0.4) is 0 Å². The van der Waals surface area contributed by atoms with Gasteiger partial charge in [0, 0.05) is 18.2 Å². The van der Waals surface area contributed by atoms with E-state index >= 15 is 0 Å². The lowest BCUT2D eigenvalue weighted by atomic mass is 9.97. The van der Waals surface area contributed by atoms with Crippen LogP contribution < -0.4 is 10.5 Å². The second-order valence-electron chi connectivity index (χ2n) is 5.05. The number of hydrogen-bond acceptors (Lipinski definition) is 6. The van der Waals surface area contributed by atoms with Crippen LogP contribution in [0.5, 0.6) is 5.75 Å². The molecule has 1 saturated heterocycles. The molecule has 1 aliphatic heterocycles. The molecule has 2 aromatic rings. The lowest BCUT2D eigenvalue weighted by Gasteiger charge is -2.25. The summed E-state index contributed by atoms with van der Waals surface area (Å²) in [5, 5.41) is 4.04. The Labute approximate surface area is 123 Å². The van der Waals surface area contributed by atoms with Gasteiger partial charge in [-0.1, -0.05) is 17.3 Å². The molecule has 0 radical (unpaired) electrons. The summed E-state index contributed by atoms with van der Waals surface area (Å²) in [7, 11) is 0. The fourth-order valence-corrected chi connectivity index (χ4v) is 2.40. The van der Waals surface area contributed by atoms with E-state index in [-0.39, 0.29) is 12.0 Å². The first-order valence-corrected chi connectivity index (χ1v) is 7.18. The van der Waals surface area contributed by atoms with Crippen molar-refractivity contribution in [1.82, 2.24) is 10.1 Å². The van der Waals surface area contributed by atoms with Gasteiger partial charge in [0.15, 0.2) is 0 Å². The zero-order chi connectivity index (χ0) is 14.7. The summed E-state index contributed by atoms with van der Waals surface area (Å²) in [6, 6.07) is 7.64. The summed E-state index contributed by atoms with van der Waals surface area (Å²) >= 11 is 0. The third-order valence-corrected chi connectivity index (χ3v) is 3.57. The van der Waals surface area contributed by atoms with Crippen molar-refractivity contribution in [1.29, 1.82) is 0 Å².